The Labute approximate surface area is 120 Å². The van der Waals surface area contributed by atoms with Gasteiger partial charge in [0.25, 0.3) is 0 Å². The number of carbonyl (C=O) groups is 1. The first-order valence-corrected chi connectivity index (χ1v) is 7.46. The highest BCUT2D eigenvalue weighted by atomic mass is 79.9. The van der Waals surface area contributed by atoms with Crippen molar-refractivity contribution in [1.29, 1.82) is 0 Å². The van der Waals surface area contributed by atoms with E-state index in [9.17, 15) is 4.79 Å². The molecule has 17 heavy (non-hydrogen) atoms. The average molecular weight is 373 g/mol. The molecule has 0 rings (SSSR count). The van der Waals surface area contributed by atoms with E-state index >= 15 is 0 Å². The minimum atomic E-state index is -0.238. The number of rotatable bonds is 10. The Morgan fingerprint density at radius 1 is 1.47 bits per heavy atom. The summed E-state index contributed by atoms with van der Waals surface area (Å²) in [6.45, 7) is 7.98. The van der Waals surface area contributed by atoms with E-state index in [2.05, 4.69) is 38.4 Å². The lowest BCUT2D eigenvalue weighted by atomic mass is 10.4. The molecule has 0 radical (unpaired) electrons. The SMILES string of the molecule is C=CCN(COCCOCC)C(=O)C(Br)CBr. The Hall–Kier alpha value is 0.0900. The van der Waals surface area contributed by atoms with Crippen LogP contribution in [0.4, 0.5) is 0 Å². The lowest BCUT2D eigenvalue weighted by molar-refractivity contribution is -0.135. The zero-order chi connectivity index (χ0) is 13.1. The molecule has 100 valence electrons. The number of ether oxygens (including phenoxy) is 2. The molecule has 1 atom stereocenters. The van der Waals surface area contributed by atoms with Crippen molar-refractivity contribution in [3.8, 4) is 0 Å². The molecular weight excluding hydrogens is 354 g/mol. The highest BCUT2D eigenvalue weighted by Gasteiger charge is 2.19. The Balaban J connectivity index is 3.97. The molecule has 0 spiro atoms. The molecule has 0 aromatic rings. The predicted molar refractivity (Wildman–Crippen MR) is 75.7 cm³/mol. The summed E-state index contributed by atoms with van der Waals surface area (Å²) in [5.41, 5.74) is 0. The Kier molecular flexibility index (Phi) is 11.3. The zero-order valence-corrected chi connectivity index (χ0v) is 13.2. The molecule has 0 aliphatic rings. The summed E-state index contributed by atoms with van der Waals surface area (Å²) in [7, 11) is 0. The van der Waals surface area contributed by atoms with Crippen LogP contribution >= 0.6 is 31.9 Å². The predicted octanol–water partition coefficient (Wildman–Crippen LogP) is 2.17. The minimum Gasteiger partial charge on any atom is -0.379 e. The first-order chi connectivity index (χ1) is 8.17. The summed E-state index contributed by atoms with van der Waals surface area (Å²) in [4.78, 5) is 13.2. The van der Waals surface area contributed by atoms with Gasteiger partial charge in [-0.2, -0.15) is 0 Å². The first-order valence-electron chi connectivity index (χ1n) is 5.42. The van der Waals surface area contributed by atoms with E-state index in [0.717, 1.165) is 0 Å². The van der Waals surface area contributed by atoms with Crippen LogP contribution < -0.4 is 0 Å². The molecule has 0 aromatic carbocycles. The highest BCUT2D eigenvalue weighted by molar-refractivity contribution is 9.12. The van der Waals surface area contributed by atoms with Gasteiger partial charge in [0.1, 0.15) is 11.6 Å². The van der Waals surface area contributed by atoms with Gasteiger partial charge >= 0.3 is 0 Å². The first kappa shape index (κ1) is 17.1. The summed E-state index contributed by atoms with van der Waals surface area (Å²) in [5, 5.41) is 0.568. The van der Waals surface area contributed by atoms with Crippen LogP contribution in [0.15, 0.2) is 12.7 Å². The maximum atomic E-state index is 11.9. The summed E-state index contributed by atoms with van der Waals surface area (Å²) < 4.78 is 10.5. The van der Waals surface area contributed by atoms with Gasteiger partial charge in [0, 0.05) is 18.5 Å². The van der Waals surface area contributed by atoms with Gasteiger partial charge in [-0.25, -0.2) is 0 Å². The summed E-state index contributed by atoms with van der Waals surface area (Å²) in [6, 6.07) is 0. The monoisotopic (exact) mass is 371 g/mol. The van der Waals surface area contributed by atoms with Crippen molar-refractivity contribution in [2.24, 2.45) is 0 Å². The van der Waals surface area contributed by atoms with Crippen LogP contribution in [-0.4, -0.2) is 54.1 Å². The minimum absolute atomic E-state index is 0.0156. The highest BCUT2D eigenvalue weighted by Crippen LogP contribution is 2.08. The zero-order valence-electron chi connectivity index (χ0n) is 10.0. The van der Waals surface area contributed by atoms with Crippen molar-refractivity contribution in [2.45, 2.75) is 11.8 Å². The molecule has 0 saturated heterocycles. The largest absolute Gasteiger partial charge is 0.379 e. The number of hydrogen-bond donors (Lipinski definition) is 0. The van der Waals surface area contributed by atoms with Crippen LogP contribution in [0.2, 0.25) is 0 Å². The molecule has 0 aliphatic carbocycles. The Bertz CT molecular complexity index is 227. The molecule has 0 aromatic heterocycles. The fourth-order valence-electron chi connectivity index (χ4n) is 1.06. The number of hydrogen-bond acceptors (Lipinski definition) is 3. The third-order valence-electron chi connectivity index (χ3n) is 1.89. The molecule has 0 saturated carbocycles. The van der Waals surface area contributed by atoms with E-state index in [0.29, 0.717) is 31.7 Å². The summed E-state index contributed by atoms with van der Waals surface area (Å²) >= 11 is 6.55. The lowest BCUT2D eigenvalue weighted by Crippen LogP contribution is -2.39. The maximum absolute atomic E-state index is 11.9. The van der Waals surface area contributed by atoms with Crippen LogP contribution in [0.5, 0.6) is 0 Å². The lowest BCUT2D eigenvalue weighted by Gasteiger charge is -2.22. The van der Waals surface area contributed by atoms with Gasteiger partial charge in [0.15, 0.2) is 0 Å². The van der Waals surface area contributed by atoms with Crippen LogP contribution in [0.25, 0.3) is 0 Å². The second kappa shape index (κ2) is 11.2. The van der Waals surface area contributed by atoms with Gasteiger partial charge in [-0.1, -0.05) is 37.9 Å². The van der Waals surface area contributed by atoms with E-state index in [1.165, 1.54) is 0 Å². The quantitative estimate of drug-likeness (QED) is 0.255. The fourth-order valence-corrected chi connectivity index (χ4v) is 1.63. The van der Waals surface area contributed by atoms with Crippen molar-refractivity contribution >= 4 is 37.8 Å². The van der Waals surface area contributed by atoms with Gasteiger partial charge in [0.05, 0.1) is 13.2 Å². The van der Waals surface area contributed by atoms with Crippen LogP contribution in [0.3, 0.4) is 0 Å². The molecule has 0 heterocycles. The third kappa shape index (κ3) is 7.91. The van der Waals surface area contributed by atoms with Crippen molar-refractivity contribution in [3.63, 3.8) is 0 Å². The van der Waals surface area contributed by atoms with Crippen molar-refractivity contribution < 1.29 is 14.3 Å². The summed E-state index contributed by atoms with van der Waals surface area (Å²) in [6.07, 6.45) is 1.68. The second-order valence-corrected chi connectivity index (χ2v) is 4.96. The number of amides is 1. The van der Waals surface area contributed by atoms with Gasteiger partial charge in [0.2, 0.25) is 5.91 Å². The molecule has 0 fully saturated rings. The molecule has 0 N–H and O–H groups in total. The second-order valence-electron chi connectivity index (χ2n) is 3.21. The molecule has 6 heteroatoms. The van der Waals surface area contributed by atoms with Crippen molar-refractivity contribution in [2.75, 3.05) is 38.4 Å². The number of halogens is 2. The topological polar surface area (TPSA) is 38.8 Å². The van der Waals surface area contributed by atoms with E-state index < -0.39 is 0 Å². The number of carbonyl (C=O) groups excluding carboxylic acids is 1. The van der Waals surface area contributed by atoms with E-state index in [1.54, 1.807) is 11.0 Å². The van der Waals surface area contributed by atoms with Crippen LogP contribution in [-0.2, 0) is 14.3 Å². The standard InChI is InChI=1S/C11H19Br2NO3/c1-3-5-14(11(15)10(13)8-12)9-17-7-6-16-4-2/h3,10H,1,4-9H2,2H3. The van der Waals surface area contributed by atoms with Crippen molar-refractivity contribution in [3.05, 3.63) is 12.7 Å². The molecule has 0 bridgehead atoms. The Morgan fingerprint density at radius 2 is 2.12 bits per heavy atom. The van der Waals surface area contributed by atoms with Crippen LogP contribution in [0, 0.1) is 0 Å². The van der Waals surface area contributed by atoms with Gasteiger partial charge in [-0.3, -0.25) is 4.79 Å². The molecule has 1 amide bonds. The van der Waals surface area contributed by atoms with E-state index in [4.69, 9.17) is 9.47 Å². The maximum Gasteiger partial charge on any atom is 0.239 e. The Morgan fingerprint density at radius 3 is 2.65 bits per heavy atom. The van der Waals surface area contributed by atoms with Crippen LogP contribution in [0.1, 0.15) is 6.92 Å². The normalized spacial score (nSPS) is 12.2. The van der Waals surface area contributed by atoms with Crippen molar-refractivity contribution in [1.82, 2.24) is 4.90 Å². The molecule has 0 aliphatic heterocycles. The van der Waals surface area contributed by atoms with Gasteiger partial charge in [-0.15, -0.1) is 6.58 Å². The number of alkyl halides is 2. The van der Waals surface area contributed by atoms with Gasteiger partial charge < -0.3 is 14.4 Å². The van der Waals surface area contributed by atoms with E-state index in [-0.39, 0.29) is 17.5 Å². The smallest absolute Gasteiger partial charge is 0.239 e. The number of nitrogens with zero attached hydrogens (tertiary/aromatic N) is 1. The molecular formula is C11H19Br2NO3. The van der Waals surface area contributed by atoms with Gasteiger partial charge in [-0.05, 0) is 6.92 Å². The third-order valence-corrected chi connectivity index (χ3v) is 4.12. The molecule has 1 unspecified atom stereocenters. The average Bonchev–Trinajstić information content (AvgIpc) is 2.35. The molecule has 4 nitrogen and oxygen atoms in total. The van der Waals surface area contributed by atoms with E-state index in [1.807, 2.05) is 6.92 Å². The fraction of sp³-hybridized carbons (Fsp3) is 0.727. The summed E-state index contributed by atoms with van der Waals surface area (Å²) in [5.74, 6) is -0.0156.